The lowest BCUT2D eigenvalue weighted by atomic mass is 10.1. The van der Waals surface area contributed by atoms with E-state index in [2.05, 4.69) is 26.2 Å². The Morgan fingerprint density at radius 1 is 1.19 bits per heavy atom. The van der Waals surface area contributed by atoms with Gasteiger partial charge < -0.3 is 9.88 Å². The second kappa shape index (κ2) is 7.17. The number of aromatic nitrogens is 1. The molecule has 1 fully saturated rings. The van der Waals surface area contributed by atoms with Gasteiger partial charge in [-0.2, -0.15) is 4.99 Å². The lowest BCUT2D eigenvalue weighted by Gasteiger charge is -1.97. The number of nitrogens with one attached hydrogen (secondary N) is 1. The van der Waals surface area contributed by atoms with Crippen LogP contribution in [0.3, 0.4) is 0 Å². The van der Waals surface area contributed by atoms with Crippen LogP contribution in [-0.4, -0.2) is 21.5 Å². The molecule has 2 aromatic carbocycles. The first kappa shape index (κ1) is 17.8. The Labute approximate surface area is 168 Å². The van der Waals surface area contributed by atoms with Crippen LogP contribution in [0.15, 0.2) is 69.1 Å². The van der Waals surface area contributed by atoms with Crippen LogP contribution in [0.2, 0.25) is 0 Å². The Kier molecular flexibility index (Phi) is 4.72. The fourth-order valence-corrected chi connectivity index (χ4v) is 3.93. The number of para-hydroxylation sites is 1. The number of hydrogen-bond donors (Lipinski definition) is 1. The van der Waals surface area contributed by atoms with E-state index in [1.54, 1.807) is 24.3 Å². The number of halogens is 1. The van der Waals surface area contributed by atoms with Crippen LogP contribution >= 0.6 is 27.7 Å². The van der Waals surface area contributed by atoms with Crippen LogP contribution < -0.4 is 5.32 Å². The summed E-state index contributed by atoms with van der Waals surface area (Å²) in [5.41, 5.74) is 2.50. The average Bonchev–Trinajstić information content (AvgIpc) is 3.16. The normalized spacial score (nSPS) is 17.0. The van der Waals surface area contributed by atoms with Crippen LogP contribution in [0.5, 0.6) is 0 Å². The molecule has 1 aromatic heterocycles. The molecule has 27 heavy (non-hydrogen) atoms. The van der Waals surface area contributed by atoms with Crippen LogP contribution in [-0.2, 0) is 11.8 Å². The summed E-state index contributed by atoms with van der Waals surface area (Å²) in [5.74, 6) is -0.646. The minimum Gasteiger partial charge on any atom is -0.350 e. The number of fused-ring (bicyclic) bond motifs is 1. The van der Waals surface area contributed by atoms with Crippen molar-refractivity contribution in [2.45, 2.75) is 0 Å². The number of amides is 2. The molecular formula is C20H14BrN3O2S. The maximum Gasteiger partial charge on any atom is 0.279 e. The van der Waals surface area contributed by atoms with Crippen LogP contribution in [0.25, 0.3) is 17.0 Å². The van der Waals surface area contributed by atoms with E-state index in [1.165, 1.54) is 11.8 Å². The van der Waals surface area contributed by atoms with Crippen molar-refractivity contribution < 1.29 is 9.59 Å². The van der Waals surface area contributed by atoms with Gasteiger partial charge in [0.2, 0.25) is 0 Å². The van der Waals surface area contributed by atoms with Crippen LogP contribution in [0.1, 0.15) is 15.9 Å². The van der Waals surface area contributed by atoms with Gasteiger partial charge in [0, 0.05) is 39.7 Å². The second-order valence-corrected chi connectivity index (χ2v) is 7.95. The summed E-state index contributed by atoms with van der Waals surface area (Å²) >= 11 is 4.50. The molecule has 2 heterocycles. The fourth-order valence-electron chi connectivity index (χ4n) is 2.86. The Morgan fingerprint density at radius 3 is 2.70 bits per heavy atom. The smallest absolute Gasteiger partial charge is 0.279 e. The van der Waals surface area contributed by atoms with Crippen LogP contribution in [0.4, 0.5) is 0 Å². The number of amidine groups is 1. The molecule has 4 rings (SSSR count). The second-order valence-electron chi connectivity index (χ2n) is 6.01. The summed E-state index contributed by atoms with van der Waals surface area (Å²) in [4.78, 5) is 29.1. The molecular weight excluding hydrogens is 426 g/mol. The molecule has 0 unspecified atom stereocenters. The largest absolute Gasteiger partial charge is 0.350 e. The third kappa shape index (κ3) is 3.61. The van der Waals surface area contributed by atoms with E-state index in [9.17, 15) is 9.59 Å². The fraction of sp³-hybridized carbons (Fsp3) is 0.0500. The van der Waals surface area contributed by atoms with Crippen molar-refractivity contribution in [2.24, 2.45) is 12.0 Å². The molecule has 0 bridgehead atoms. The third-order valence-corrected chi connectivity index (χ3v) is 5.60. The molecule has 0 atom stereocenters. The van der Waals surface area contributed by atoms with E-state index in [0.717, 1.165) is 20.9 Å². The van der Waals surface area contributed by atoms with Crippen molar-refractivity contribution in [1.29, 1.82) is 0 Å². The monoisotopic (exact) mass is 439 g/mol. The number of benzene rings is 2. The number of thioether (sulfide) groups is 1. The Morgan fingerprint density at radius 2 is 1.93 bits per heavy atom. The highest BCUT2D eigenvalue weighted by atomic mass is 79.9. The molecule has 7 heteroatoms. The van der Waals surface area contributed by atoms with Crippen molar-refractivity contribution in [3.8, 4) is 0 Å². The van der Waals surface area contributed by atoms with Gasteiger partial charge in [0.25, 0.3) is 11.8 Å². The highest BCUT2D eigenvalue weighted by Crippen LogP contribution is 2.29. The number of aliphatic imine (C=N–C) groups is 1. The van der Waals surface area contributed by atoms with Gasteiger partial charge in [-0.15, -0.1) is 0 Å². The summed E-state index contributed by atoms with van der Waals surface area (Å²) < 4.78 is 2.90. The van der Waals surface area contributed by atoms with Gasteiger partial charge in [0.1, 0.15) is 0 Å². The Bertz CT molecular complexity index is 1130. The first-order valence-electron chi connectivity index (χ1n) is 8.15. The summed E-state index contributed by atoms with van der Waals surface area (Å²) in [6.07, 6.45) is 3.81. The van der Waals surface area contributed by atoms with E-state index in [4.69, 9.17) is 0 Å². The average molecular weight is 440 g/mol. The summed E-state index contributed by atoms with van der Waals surface area (Å²) in [7, 11) is 1.97. The van der Waals surface area contributed by atoms with Gasteiger partial charge in [-0.3, -0.25) is 9.59 Å². The maximum atomic E-state index is 12.3. The molecule has 134 valence electrons. The maximum absolute atomic E-state index is 12.3. The quantitative estimate of drug-likeness (QED) is 0.603. The predicted molar refractivity (Wildman–Crippen MR) is 113 cm³/mol. The van der Waals surface area contributed by atoms with Crippen LogP contribution in [0, 0.1) is 0 Å². The van der Waals surface area contributed by atoms with Gasteiger partial charge >= 0.3 is 0 Å². The van der Waals surface area contributed by atoms with Crippen molar-refractivity contribution in [1.82, 2.24) is 9.88 Å². The topological polar surface area (TPSA) is 63.5 Å². The van der Waals surface area contributed by atoms with Gasteiger partial charge in [-0.1, -0.05) is 34.1 Å². The van der Waals surface area contributed by atoms with Gasteiger partial charge in [-0.25, -0.2) is 0 Å². The molecule has 1 saturated heterocycles. The van der Waals surface area contributed by atoms with Crippen molar-refractivity contribution in [3.63, 3.8) is 0 Å². The zero-order valence-corrected chi connectivity index (χ0v) is 16.7. The highest BCUT2D eigenvalue weighted by Gasteiger charge is 2.25. The lowest BCUT2D eigenvalue weighted by Crippen LogP contribution is -2.20. The van der Waals surface area contributed by atoms with Crippen molar-refractivity contribution in [3.05, 3.63) is 75.2 Å². The molecule has 0 spiro atoms. The van der Waals surface area contributed by atoms with E-state index in [0.29, 0.717) is 15.6 Å². The number of aryl methyl sites for hydroxylation is 1. The van der Waals surface area contributed by atoms with Gasteiger partial charge in [-0.05, 0) is 48.2 Å². The summed E-state index contributed by atoms with van der Waals surface area (Å²) in [6.45, 7) is 0. The zero-order chi connectivity index (χ0) is 19.0. The van der Waals surface area contributed by atoms with Gasteiger partial charge in [0.15, 0.2) is 5.17 Å². The van der Waals surface area contributed by atoms with Gasteiger partial charge in [0.05, 0.1) is 4.91 Å². The Balaban J connectivity index is 1.61. The molecule has 5 nitrogen and oxygen atoms in total. The number of rotatable bonds is 2. The third-order valence-electron chi connectivity index (χ3n) is 4.16. The van der Waals surface area contributed by atoms with E-state index >= 15 is 0 Å². The van der Waals surface area contributed by atoms with E-state index < -0.39 is 5.91 Å². The molecule has 1 aliphatic heterocycles. The molecule has 1 aliphatic rings. The number of hydrogen-bond acceptors (Lipinski definition) is 3. The highest BCUT2D eigenvalue weighted by molar-refractivity contribution is 9.10. The predicted octanol–water partition coefficient (Wildman–Crippen LogP) is 4.34. The Hall–Kier alpha value is -2.64. The van der Waals surface area contributed by atoms with E-state index in [-0.39, 0.29) is 5.91 Å². The molecule has 0 aliphatic carbocycles. The first-order valence-corrected chi connectivity index (χ1v) is 9.76. The standard InChI is InChI=1S/C20H14BrN3O2S/c1-24-11-13(15-4-2-3-5-16(15)24)10-17-19(26)23-20(27-17)22-18(25)12-6-8-14(21)9-7-12/h2-11H,1H3,(H,22,23,25,26). The molecule has 0 saturated carbocycles. The number of carbonyl (C=O) groups excluding carboxylic acids is 2. The lowest BCUT2D eigenvalue weighted by molar-refractivity contribution is -0.115. The minimum atomic E-state index is -0.392. The molecule has 2 amide bonds. The molecule has 0 radical (unpaired) electrons. The van der Waals surface area contributed by atoms with Crippen molar-refractivity contribution in [2.75, 3.05) is 0 Å². The summed E-state index contributed by atoms with van der Waals surface area (Å²) in [6, 6.07) is 14.9. The SMILES string of the molecule is Cn1cc(C=C2SC(=NC(=O)c3ccc(Br)cc3)NC2=O)c2ccccc21. The summed E-state index contributed by atoms with van der Waals surface area (Å²) in [5, 5.41) is 4.02. The number of carbonyl (C=O) groups is 2. The first-order chi connectivity index (χ1) is 13.0. The minimum absolute atomic E-state index is 0.254. The molecule has 1 N–H and O–H groups in total. The van der Waals surface area contributed by atoms with E-state index in [1.807, 2.05) is 48.2 Å². The molecule has 3 aromatic rings. The van der Waals surface area contributed by atoms with Crippen molar-refractivity contribution >= 4 is 61.7 Å². The zero-order valence-electron chi connectivity index (χ0n) is 14.3. The number of nitrogens with zero attached hydrogens (tertiary/aromatic N) is 2.